The summed E-state index contributed by atoms with van der Waals surface area (Å²) < 4.78 is 6.05. The number of hydrogen-bond acceptors (Lipinski definition) is 3. The van der Waals surface area contributed by atoms with Crippen LogP contribution in [-0.2, 0) is 12.8 Å². The predicted molar refractivity (Wildman–Crippen MR) is 127 cm³/mol. The molecule has 4 nitrogen and oxygen atoms in total. The van der Waals surface area contributed by atoms with E-state index in [4.69, 9.17) is 27.6 Å². The number of benzene rings is 3. The fraction of sp³-hybridized carbons (Fsp3) is 0.154. The summed E-state index contributed by atoms with van der Waals surface area (Å²) in [5.41, 5.74) is 4.13. The number of furan rings is 1. The van der Waals surface area contributed by atoms with Crippen LogP contribution in [-0.4, -0.2) is 11.7 Å². The van der Waals surface area contributed by atoms with Gasteiger partial charge in [-0.05, 0) is 79.3 Å². The summed E-state index contributed by atoms with van der Waals surface area (Å²) in [6, 6.07) is 17.6. The van der Waals surface area contributed by atoms with Crippen molar-refractivity contribution in [3.8, 4) is 0 Å². The largest absolute Gasteiger partial charge is 0.450 e. The maximum Gasteiger partial charge on any atom is 0.255 e. The Morgan fingerprint density at radius 2 is 1.59 bits per heavy atom. The van der Waals surface area contributed by atoms with Crippen molar-refractivity contribution in [3.63, 3.8) is 0 Å². The second-order valence-electron chi connectivity index (χ2n) is 7.90. The van der Waals surface area contributed by atoms with E-state index < -0.39 is 5.78 Å². The number of nitrogens with one attached hydrogen (secondary N) is 1. The van der Waals surface area contributed by atoms with Gasteiger partial charge in [0.1, 0.15) is 5.58 Å². The molecule has 0 saturated heterocycles. The van der Waals surface area contributed by atoms with Gasteiger partial charge in [-0.25, -0.2) is 0 Å². The number of aryl methyl sites for hydroxylation is 2. The van der Waals surface area contributed by atoms with Crippen LogP contribution in [0.25, 0.3) is 11.0 Å². The lowest BCUT2D eigenvalue weighted by molar-refractivity contribution is 0.101. The molecule has 0 saturated carbocycles. The molecule has 160 valence electrons. The van der Waals surface area contributed by atoms with E-state index in [1.165, 1.54) is 17.2 Å². The normalized spacial score (nSPS) is 13.1. The molecule has 0 fully saturated rings. The molecule has 32 heavy (non-hydrogen) atoms. The van der Waals surface area contributed by atoms with Gasteiger partial charge in [-0.15, -0.1) is 0 Å². The van der Waals surface area contributed by atoms with E-state index in [1.807, 2.05) is 18.2 Å². The minimum absolute atomic E-state index is 0.0517. The van der Waals surface area contributed by atoms with Gasteiger partial charge in [0.2, 0.25) is 5.78 Å². The van der Waals surface area contributed by atoms with Crippen LogP contribution in [0.3, 0.4) is 0 Å². The Kier molecular flexibility index (Phi) is 5.50. The zero-order valence-corrected chi connectivity index (χ0v) is 18.6. The second-order valence-corrected chi connectivity index (χ2v) is 8.75. The number of fused-ring (bicyclic) bond motifs is 2. The van der Waals surface area contributed by atoms with Crippen LogP contribution in [0.15, 0.2) is 65.1 Å². The fourth-order valence-corrected chi connectivity index (χ4v) is 4.68. The Labute approximate surface area is 195 Å². The number of anilines is 1. The third-order valence-electron chi connectivity index (χ3n) is 5.81. The number of carbonyl (C=O) groups is 2. The number of halogens is 2. The van der Waals surface area contributed by atoms with Crippen molar-refractivity contribution in [2.45, 2.75) is 25.7 Å². The van der Waals surface area contributed by atoms with Crippen molar-refractivity contribution < 1.29 is 14.0 Å². The highest BCUT2D eigenvalue weighted by Crippen LogP contribution is 2.37. The van der Waals surface area contributed by atoms with Gasteiger partial charge in [0.25, 0.3) is 5.91 Å². The molecule has 1 amide bonds. The first-order valence-electron chi connectivity index (χ1n) is 10.5. The van der Waals surface area contributed by atoms with E-state index in [1.54, 1.807) is 36.4 Å². The minimum Gasteiger partial charge on any atom is -0.450 e. The Bertz CT molecular complexity index is 1360. The monoisotopic (exact) mass is 463 g/mol. The predicted octanol–water partition coefficient (Wildman–Crippen LogP) is 7.10. The number of carbonyl (C=O) groups excluding carboxylic acids is 2. The molecule has 0 radical (unpaired) electrons. The van der Waals surface area contributed by atoms with Gasteiger partial charge in [-0.1, -0.05) is 41.4 Å². The molecule has 1 aliphatic rings. The molecule has 1 N–H and O–H groups in total. The molecule has 1 aromatic heterocycles. The van der Waals surface area contributed by atoms with Crippen molar-refractivity contribution in [1.29, 1.82) is 0 Å². The zero-order chi connectivity index (χ0) is 22.2. The summed E-state index contributed by atoms with van der Waals surface area (Å²) in [6.07, 6.45) is 4.19. The lowest BCUT2D eigenvalue weighted by Crippen LogP contribution is -2.14. The van der Waals surface area contributed by atoms with Crippen LogP contribution in [0.5, 0.6) is 0 Å². The number of hydrogen-bond donors (Lipinski definition) is 1. The van der Waals surface area contributed by atoms with E-state index in [0.717, 1.165) is 25.7 Å². The van der Waals surface area contributed by atoms with E-state index >= 15 is 0 Å². The summed E-state index contributed by atoms with van der Waals surface area (Å²) in [6.45, 7) is 0. The van der Waals surface area contributed by atoms with E-state index in [0.29, 0.717) is 27.2 Å². The van der Waals surface area contributed by atoms with Gasteiger partial charge in [0.15, 0.2) is 5.76 Å². The van der Waals surface area contributed by atoms with Crippen LogP contribution in [0.4, 0.5) is 5.69 Å². The molecule has 1 heterocycles. The Hall–Kier alpha value is -3.08. The summed E-state index contributed by atoms with van der Waals surface area (Å²) in [7, 11) is 0. The third-order valence-corrected chi connectivity index (χ3v) is 6.36. The topological polar surface area (TPSA) is 59.3 Å². The van der Waals surface area contributed by atoms with Crippen molar-refractivity contribution in [2.75, 3.05) is 5.32 Å². The summed E-state index contributed by atoms with van der Waals surface area (Å²) in [5.74, 6) is -0.678. The lowest BCUT2D eigenvalue weighted by Gasteiger charge is -2.15. The van der Waals surface area contributed by atoms with Crippen LogP contribution in [0, 0.1) is 0 Å². The average Bonchev–Trinajstić information content (AvgIpc) is 3.14. The maximum absolute atomic E-state index is 13.4. The quantitative estimate of drug-likeness (QED) is 0.328. The molecule has 0 unspecified atom stereocenters. The Morgan fingerprint density at radius 1 is 0.875 bits per heavy atom. The first kappa shape index (κ1) is 20.8. The first-order chi connectivity index (χ1) is 15.5. The number of amides is 1. The molecule has 0 spiro atoms. The molecule has 0 aliphatic heterocycles. The summed E-state index contributed by atoms with van der Waals surface area (Å²) >= 11 is 12.3. The summed E-state index contributed by atoms with van der Waals surface area (Å²) in [5, 5.41) is 4.28. The van der Waals surface area contributed by atoms with Gasteiger partial charge in [0.05, 0.1) is 10.7 Å². The van der Waals surface area contributed by atoms with Crippen LogP contribution in [0.2, 0.25) is 10.0 Å². The number of ketones is 1. The molecule has 4 aromatic rings. The Morgan fingerprint density at radius 3 is 2.31 bits per heavy atom. The van der Waals surface area contributed by atoms with Gasteiger partial charge in [-0.3, -0.25) is 9.59 Å². The summed E-state index contributed by atoms with van der Waals surface area (Å²) in [4.78, 5) is 26.4. The maximum atomic E-state index is 13.4. The highest BCUT2D eigenvalue weighted by Gasteiger charge is 2.26. The van der Waals surface area contributed by atoms with Crippen LogP contribution in [0.1, 0.15) is 50.4 Å². The van der Waals surface area contributed by atoms with Crippen molar-refractivity contribution in [2.24, 2.45) is 0 Å². The second kappa shape index (κ2) is 8.45. The first-order valence-corrected chi connectivity index (χ1v) is 11.2. The van der Waals surface area contributed by atoms with Gasteiger partial charge in [0, 0.05) is 21.5 Å². The molecular formula is C26H19Cl2NO3. The molecule has 3 aromatic carbocycles. The van der Waals surface area contributed by atoms with Crippen molar-refractivity contribution in [1.82, 2.24) is 0 Å². The molecule has 6 heteroatoms. The highest BCUT2D eigenvalue weighted by atomic mass is 35.5. The van der Waals surface area contributed by atoms with Gasteiger partial charge in [-0.2, -0.15) is 0 Å². The number of rotatable bonds is 4. The molecule has 0 atom stereocenters. The lowest BCUT2D eigenvalue weighted by atomic mass is 9.90. The molecule has 5 rings (SSSR count). The average molecular weight is 464 g/mol. The fourth-order valence-electron chi connectivity index (χ4n) is 4.18. The SMILES string of the molecule is O=C(Nc1c(C(=O)c2ccc(Cl)cc2Cl)oc2cc3c(cc12)CCCC3)c1ccccc1. The smallest absolute Gasteiger partial charge is 0.255 e. The molecule has 0 bridgehead atoms. The zero-order valence-electron chi connectivity index (χ0n) is 17.1. The van der Waals surface area contributed by atoms with Gasteiger partial charge >= 0.3 is 0 Å². The standard InChI is InChI=1S/C26H19Cl2NO3/c27-18-10-11-19(21(28)14-18)24(30)25-23(29-26(31)15-6-2-1-3-7-15)20-12-16-8-4-5-9-17(16)13-22(20)32-25/h1-3,6-7,10-14H,4-5,8-9H2,(H,29,31). The van der Waals surface area contributed by atoms with E-state index in [9.17, 15) is 9.59 Å². The van der Waals surface area contributed by atoms with E-state index in [2.05, 4.69) is 5.32 Å². The van der Waals surface area contributed by atoms with Crippen LogP contribution >= 0.6 is 23.2 Å². The molecular weight excluding hydrogens is 445 g/mol. The molecule has 1 aliphatic carbocycles. The van der Waals surface area contributed by atoms with Gasteiger partial charge < -0.3 is 9.73 Å². The van der Waals surface area contributed by atoms with Crippen molar-refractivity contribution in [3.05, 3.63) is 98.7 Å². The van der Waals surface area contributed by atoms with Crippen molar-refractivity contribution >= 4 is 51.5 Å². The third kappa shape index (κ3) is 3.81. The Balaban J connectivity index is 1.66. The van der Waals surface area contributed by atoms with Crippen LogP contribution < -0.4 is 5.32 Å². The highest BCUT2D eigenvalue weighted by molar-refractivity contribution is 6.37. The van der Waals surface area contributed by atoms with E-state index in [-0.39, 0.29) is 22.3 Å². The minimum atomic E-state index is -0.413.